The number of allylic oxidation sites excluding steroid dienone is 1. The Morgan fingerprint density at radius 3 is 2.23 bits per heavy atom. The summed E-state index contributed by atoms with van der Waals surface area (Å²) in [5.74, 6) is 1.09. The molecule has 0 aliphatic carbocycles. The van der Waals surface area contributed by atoms with Crippen molar-refractivity contribution in [2.75, 3.05) is 0 Å². The van der Waals surface area contributed by atoms with Gasteiger partial charge in [-0.15, -0.1) is 6.58 Å². The monoisotopic (exact) mass is 182 g/mol. The molecule has 1 unspecified atom stereocenters. The fourth-order valence-corrected chi connectivity index (χ4v) is 1.23. The number of rotatable bonds is 6. The molecule has 1 heteroatoms. The molecular weight excluding hydrogens is 160 g/mol. The lowest BCUT2D eigenvalue weighted by atomic mass is 9.93. The van der Waals surface area contributed by atoms with Crippen molar-refractivity contribution in [1.82, 2.24) is 0 Å². The van der Waals surface area contributed by atoms with Crippen LogP contribution in [0.2, 0.25) is 0 Å². The van der Waals surface area contributed by atoms with Gasteiger partial charge >= 0.3 is 0 Å². The fraction of sp³-hybridized carbons (Fsp3) is 0.750. The van der Waals surface area contributed by atoms with Gasteiger partial charge in [0.25, 0.3) is 0 Å². The summed E-state index contributed by atoms with van der Waals surface area (Å²) in [7, 11) is 0. The summed E-state index contributed by atoms with van der Waals surface area (Å²) >= 11 is 0. The van der Waals surface area contributed by atoms with Crippen LogP contribution in [0.15, 0.2) is 12.2 Å². The second-order valence-electron chi connectivity index (χ2n) is 4.46. The van der Waals surface area contributed by atoms with Gasteiger partial charge < -0.3 is 0 Å². The van der Waals surface area contributed by atoms with Crippen LogP contribution in [0.3, 0.4) is 0 Å². The predicted molar refractivity (Wildman–Crippen MR) is 57.7 cm³/mol. The fourth-order valence-electron chi connectivity index (χ4n) is 1.23. The van der Waals surface area contributed by atoms with E-state index < -0.39 is 0 Å². The summed E-state index contributed by atoms with van der Waals surface area (Å²) in [5.41, 5.74) is 1.17. The van der Waals surface area contributed by atoms with E-state index in [0.717, 1.165) is 19.3 Å². The highest BCUT2D eigenvalue weighted by Gasteiger charge is 2.13. The highest BCUT2D eigenvalue weighted by atomic mass is 16.1. The third-order valence-electron chi connectivity index (χ3n) is 2.16. The SMILES string of the molecule is C=C(C)CCC(C)C(=O)CC(C)C. The Hall–Kier alpha value is -0.590. The Morgan fingerprint density at radius 1 is 1.31 bits per heavy atom. The maximum absolute atomic E-state index is 11.5. The van der Waals surface area contributed by atoms with Gasteiger partial charge in [-0.05, 0) is 25.7 Å². The number of Topliss-reactive ketones (excluding diaryl/α,β-unsaturated/α-hetero) is 1. The van der Waals surface area contributed by atoms with E-state index in [0.29, 0.717) is 11.7 Å². The molecule has 76 valence electrons. The molecule has 13 heavy (non-hydrogen) atoms. The van der Waals surface area contributed by atoms with Crippen molar-refractivity contribution in [1.29, 1.82) is 0 Å². The first-order valence-electron chi connectivity index (χ1n) is 5.10. The smallest absolute Gasteiger partial charge is 0.135 e. The number of hydrogen-bond acceptors (Lipinski definition) is 1. The number of ketones is 1. The van der Waals surface area contributed by atoms with E-state index in [9.17, 15) is 4.79 Å². The summed E-state index contributed by atoms with van der Waals surface area (Å²) in [6.07, 6.45) is 2.66. The van der Waals surface area contributed by atoms with Gasteiger partial charge in [0.05, 0.1) is 0 Å². The molecule has 0 aromatic heterocycles. The topological polar surface area (TPSA) is 17.1 Å². The molecule has 0 N–H and O–H groups in total. The summed E-state index contributed by atoms with van der Waals surface area (Å²) < 4.78 is 0. The molecule has 0 rings (SSSR count). The van der Waals surface area contributed by atoms with Crippen molar-refractivity contribution in [3.63, 3.8) is 0 Å². The zero-order chi connectivity index (χ0) is 10.4. The molecule has 0 aromatic rings. The Balaban J connectivity index is 3.76. The van der Waals surface area contributed by atoms with E-state index in [1.54, 1.807) is 0 Å². The lowest BCUT2D eigenvalue weighted by Crippen LogP contribution is -2.13. The molecule has 0 amide bonds. The summed E-state index contributed by atoms with van der Waals surface area (Å²) in [6.45, 7) is 12.0. The average Bonchev–Trinajstić information content (AvgIpc) is 1.98. The molecule has 0 fully saturated rings. The maximum atomic E-state index is 11.5. The van der Waals surface area contributed by atoms with E-state index >= 15 is 0 Å². The number of carbonyl (C=O) groups excluding carboxylic acids is 1. The molecule has 0 spiro atoms. The van der Waals surface area contributed by atoms with Crippen molar-refractivity contribution >= 4 is 5.78 Å². The summed E-state index contributed by atoms with van der Waals surface area (Å²) in [4.78, 5) is 11.5. The second kappa shape index (κ2) is 5.95. The third kappa shape index (κ3) is 6.56. The van der Waals surface area contributed by atoms with Crippen molar-refractivity contribution in [2.24, 2.45) is 11.8 Å². The molecule has 0 aliphatic heterocycles. The zero-order valence-corrected chi connectivity index (χ0v) is 9.39. The van der Waals surface area contributed by atoms with Gasteiger partial charge in [-0.3, -0.25) is 4.79 Å². The minimum absolute atomic E-state index is 0.207. The van der Waals surface area contributed by atoms with Crippen LogP contribution in [-0.2, 0) is 4.79 Å². The standard InChI is InChI=1S/C12H22O/c1-9(2)6-7-11(5)12(13)8-10(3)4/h10-11H,1,6-8H2,2-5H3. The first-order valence-corrected chi connectivity index (χ1v) is 5.10. The van der Waals surface area contributed by atoms with Crippen molar-refractivity contribution in [3.8, 4) is 0 Å². The summed E-state index contributed by atoms with van der Waals surface area (Å²) in [5, 5.41) is 0. The quantitative estimate of drug-likeness (QED) is 0.574. The third-order valence-corrected chi connectivity index (χ3v) is 2.16. The van der Waals surface area contributed by atoms with E-state index in [1.165, 1.54) is 5.57 Å². The van der Waals surface area contributed by atoms with E-state index in [2.05, 4.69) is 20.4 Å². The molecular formula is C12H22O. The Labute approximate surface area is 82.2 Å². The van der Waals surface area contributed by atoms with Gasteiger partial charge in [0.1, 0.15) is 5.78 Å². The first-order chi connectivity index (χ1) is 5.93. The normalized spacial score (nSPS) is 13.0. The highest BCUT2D eigenvalue weighted by Crippen LogP contribution is 2.15. The van der Waals surface area contributed by atoms with Crippen LogP contribution in [0, 0.1) is 11.8 Å². The Morgan fingerprint density at radius 2 is 1.85 bits per heavy atom. The van der Waals surface area contributed by atoms with Crippen LogP contribution in [0.25, 0.3) is 0 Å². The molecule has 0 bridgehead atoms. The molecule has 0 saturated carbocycles. The van der Waals surface area contributed by atoms with Crippen molar-refractivity contribution < 1.29 is 4.79 Å². The lowest BCUT2D eigenvalue weighted by Gasteiger charge is -2.11. The minimum Gasteiger partial charge on any atom is -0.299 e. The van der Waals surface area contributed by atoms with Crippen LogP contribution >= 0.6 is 0 Å². The highest BCUT2D eigenvalue weighted by molar-refractivity contribution is 5.80. The molecule has 1 nitrogen and oxygen atoms in total. The number of carbonyl (C=O) groups is 1. The first kappa shape index (κ1) is 12.4. The molecule has 0 radical (unpaired) electrons. The van der Waals surface area contributed by atoms with Gasteiger partial charge in [-0.1, -0.05) is 26.3 Å². The van der Waals surface area contributed by atoms with Crippen LogP contribution in [0.4, 0.5) is 0 Å². The lowest BCUT2D eigenvalue weighted by molar-refractivity contribution is -0.123. The van der Waals surface area contributed by atoms with Crippen LogP contribution in [0.5, 0.6) is 0 Å². The largest absolute Gasteiger partial charge is 0.299 e. The molecule has 0 heterocycles. The minimum atomic E-state index is 0.207. The maximum Gasteiger partial charge on any atom is 0.135 e. The van der Waals surface area contributed by atoms with Gasteiger partial charge in [0, 0.05) is 12.3 Å². The van der Waals surface area contributed by atoms with Crippen LogP contribution < -0.4 is 0 Å². The molecule has 0 aliphatic rings. The van der Waals surface area contributed by atoms with Gasteiger partial charge in [0.15, 0.2) is 0 Å². The van der Waals surface area contributed by atoms with Gasteiger partial charge in [0.2, 0.25) is 0 Å². The zero-order valence-electron chi connectivity index (χ0n) is 9.39. The number of hydrogen-bond donors (Lipinski definition) is 0. The molecule has 0 aromatic carbocycles. The average molecular weight is 182 g/mol. The Bertz CT molecular complexity index is 180. The van der Waals surface area contributed by atoms with Crippen LogP contribution in [-0.4, -0.2) is 5.78 Å². The summed E-state index contributed by atoms with van der Waals surface area (Å²) in [6, 6.07) is 0. The van der Waals surface area contributed by atoms with Gasteiger partial charge in [-0.25, -0.2) is 0 Å². The van der Waals surface area contributed by atoms with Crippen LogP contribution in [0.1, 0.15) is 47.0 Å². The Kier molecular flexibility index (Phi) is 5.68. The van der Waals surface area contributed by atoms with E-state index in [-0.39, 0.29) is 5.92 Å². The molecule has 0 saturated heterocycles. The second-order valence-corrected chi connectivity index (χ2v) is 4.46. The van der Waals surface area contributed by atoms with Crippen molar-refractivity contribution in [2.45, 2.75) is 47.0 Å². The van der Waals surface area contributed by atoms with E-state index in [4.69, 9.17) is 0 Å². The predicted octanol–water partition coefficient (Wildman–Crippen LogP) is 3.59. The van der Waals surface area contributed by atoms with Gasteiger partial charge in [-0.2, -0.15) is 0 Å². The van der Waals surface area contributed by atoms with Crippen molar-refractivity contribution in [3.05, 3.63) is 12.2 Å². The molecule has 1 atom stereocenters. The van der Waals surface area contributed by atoms with E-state index in [1.807, 2.05) is 13.8 Å².